The van der Waals surface area contributed by atoms with Crippen molar-refractivity contribution >= 4 is 17.4 Å². The number of nitrogens with one attached hydrogen (secondary N) is 1. The third kappa shape index (κ3) is 5.55. The van der Waals surface area contributed by atoms with Crippen LogP contribution in [0.15, 0.2) is 18.2 Å². The number of halogens is 6. The SMILES string of the molecule is COCCOc1ccc(C(F)(F)F)cc1NC(=O)Cc1c(C)nc2nc(C(F)(F)F)nn2c1C. The fourth-order valence-electron chi connectivity index (χ4n) is 3.10. The number of anilines is 1. The molecule has 1 N–H and O–H groups in total. The van der Waals surface area contributed by atoms with Crippen molar-refractivity contribution in [1.82, 2.24) is 19.6 Å². The van der Waals surface area contributed by atoms with Crippen LogP contribution in [-0.4, -0.2) is 45.8 Å². The lowest BCUT2D eigenvalue weighted by atomic mass is 10.1. The van der Waals surface area contributed by atoms with Gasteiger partial charge in [-0.25, -0.2) is 9.50 Å². The molecule has 0 aliphatic heterocycles. The second kappa shape index (κ2) is 9.44. The van der Waals surface area contributed by atoms with Gasteiger partial charge in [0, 0.05) is 24.1 Å². The largest absolute Gasteiger partial charge is 0.489 e. The van der Waals surface area contributed by atoms with Gasteiger partial charge in [0.05, 0.1) is 24.3 Å². The summed E-state index contributed by atoms with van der Waals surface area (Å²) in [6, 6.07) is 2.62. The highest BCUT2D eigenvalue weighted by Crippen LogP contribution is 2.35. The highest BCUT2D eigenvalue weighted by Gasteiger charge is 2.37. The average molecular weight is 491 g/mol. The Morgan fingerprint density at radius 2 is 1.76 bits per heavy atom. The number of ether oxygens (including phenoxy) is 2. The molecule has 0 atom stereocenters. The Bertz CT molecular complexity index is 1210. The number of benzene rings is 1. The number of methoxy groups -OCH3 is 1. The van der Waals surface area contributed by atoms with Crippen molar-refractivity contribution in [2.45, 2.75) is 32.6 Å². The number of carbonyl (C=O) groups is 1. The number of alkyl halides is 6. The lowest BCUT2D eigenvalue weighted by molar-refractivity contribution is -0.144. The lowest BCUT2D eigenvalue weighted by Crippen LogP contribution is -2.19. The lowest BCUT2D eigenvalue weighted by Gasteiger charge is -2.16. The molecule has 2 aromatic heterocycles. The molecule has 0 aliphatic rings. The van der Waals surface area contributed by atoms with E-state index in [4.69, 9.17) is 9.47 Å². The number of aryl methyl sites for hydroxylation is 2. The molecule has 184 valence electrons. The van der Waals surface area contributed by atoms with E-state index in [1.54, 1.807) is 0 Å². The van der Waals surface area contributed by atoms with E-state index < -0.39 is 36.1 Å². The second-order valence-corrected chi connectivity index (χ2v) is 7.18. The highest BCUT2D eigenvalue weighted by molar-refractivity contribution is 5.94. The van der Waals surface area contributed by atoms with Crippen LogP contribution in [0.1, 0.15) is 28.3 Å². The zero-order valence-electron chi connectivity index (χ0n) is 18.1. The molecule has 3 rings (SSSR count). The minimum atomic E-state index is -4.78. The predicted octanol–water partition coefficient (Wildman–Crippen LogP) is 3.99. The first kappa shape index (κ1) is 25.2. The molecular formula is C20H19F6N5O3. The fourth-order valence-corrected chi connectivity index (χ4v) is 3.10. The van der Waals surface area contributed by atoms with Gasteiger partial charge in [-0.05, 0) is 32.0 Å². The summed E-state index contributed by atoms with van der Waals surface area (Å²) < 4.78 is 89.4. The van der Waals surface area contributed by atoms with Crippen LogP contribution in [0.3, 0.4) is 0 Å². The standard InChI is InChI=1S/C20H19F6N5O3/c1-10-13(11(2)31-18(27-10)29-17(30-31)20(24,25)26)9-16(32)28-14-8-12(19(21,22)23)4-5-15(14)34-7-6-33-3/h4-5,8H,6-7,9H2,1-3H3,(H,28,32). The first-order valence-corrected chi connectivity index (χ1v) is 9.74. The smallest absolute Gasteiger partial charge is 0.453 e. The van der Waals surface area contributed by atoms with E-state index >= 15 is 0 Å². The molecule has 0 bridgehead atoms. The van der Waals surface area contributed by atoms with E-state index in [0.29, 0.717) is 0 Å². The van der Waals surface area contributed by atoms with Crippen LogP contribution >= 0.6 is 0 Å². The molecule has 0 spiro atoms. The number of fused-ring (bicyclic) bond motifs is 1. The fraction of sp³-hybridized carbons (Fsp3) is 0.400. The molecule has 3 aromatic rings. The minimum Gasteiger partial charge on any atom is -0.489 e. The maximum Gasteiger partial charge on any atom is 0.453 e. The summed E-state index contributed by atoms with van der Waals surface area (Å²) in [5.74, 6) is -2.42. The summed E-state index contributed by atoms with van der Waals surface area (Å²) >= 11 is 0. The normalized spacial score (nSPS) is 12.3. The molecule has 0 saturated carbocycles. The number of amides is 1. The average Bonchev–Trinajstić information content (AvgIpc) is 3.16. The predicted molar refractivity (Wildman–Crippen MR) is 106 cm³/mol. The maximum absolute atomic E-state index is 13.2. The third-order valence-corrected chi connectivity index (χ3v) is 4.77. The van der Waals surface area contributed by atoms with E-state index in [-0.39, 0.29) is 47.4 Å². The quantitative estimate of drug-likeness (QED) is 0.397. The van der Waals surface area contributed by atoms with Crippen LogP contribution in [-0.2, 0) is 28.3 Å². The zero-order valence-corrected chi connectivity index (χ0v) is 18.1. The van der Waals surface area contributed by atoms with Gasteiger partial charge < -0.3 is 14.8 Å². The van der Waals surface area contributed by atoms with Crippen molar-refractivity contribution in [2.24, 2.45) is 0 Å². The Morgan fingerprint density at radius 3 is 2.38 bits per heavy atom. The van der Waals surface area contributed by atoms with E-state index in [0.717, 1.165) is 22.7 Å². The van der Waals surface area contributed by atoms with Crippen molar-refractivity contribution in [1.29, 1.82) is 0 Å². The Balaban J connectivity index is 1.90. The number of rotatable bonds is 7. The summed E-state index contributed by atoms with van der Waals surface area (Å²) in [6.45, 7) is 3.09. The molecular weight excluding hydrogens is 472 g/mol. The van der Waals surface area contributed by atoms with Crippen LogP contribution in [0.4, 0.5) is 32.0 Å². The Morgan fingerprint density at radius 1 is 1.06 bits per heavy atom. The molecule has 34 heavy (non-hydrogen) atoms. The molecule has 0 radical (unpaired) electrons. The van der Waals surface area contributed by atoms with Gasteiger partial charge in [0.25, 0.3) is 11.6 Å². The molecule has 0 saturated heterocycles. The molecule has 0 fully saturated rings. The number of hydrogen-bond donors (Lipinski definition) is 1. The topological polar surface area (TPSA) is 90.6 Å². The van der Waals surface area contributed by atoms with E-state index in [1.165, 1.54) is 21.0 Å². The number of aromatic nitrogens is 4. The van der Waals surface area contributed by atoms with Crippen LogP contribution in [0, 0.1) is 13.8 Å². The summed E-state index contributed by atoms with van der Waals surface area (Å²) in [4.78, 5) is 20.0. The monoisotopic (exact) mass is 491 g/mol. The van der Waals surface area contributed by atoms with Crippen molar-refractivity contribution in [3.8, 4) is 5.75 Å². The molecule has 8 nitrogen and oxygen atoms in total. The van der Waals surface area contributed by atoms with Crippen LogP contribution in [0.2, 0.25) is 0 Å². The Hall–Kier alpha value is -3.42. The molecule has 2 heterocycles. The maximum atomic E-state index is 13.2. The van der Waals surface area contributed by atoms with Gasteiger partial charge in [0.1, 0.15) is 12.4 Å². The summed E-state index contributed by atoms with van der Waals surface area (Å²) in [6.07, 6.45) is -9.83. The summed E-state index contributed by atoms with van der Waals surface area (Å²) in [5.41, 5.74) is -0.569. The third-order valence-electron chi connectivity index (χ3n) is 4.77. The van der Waals surface area contributed by atoms with Gasteiger partial charge in [-0.15, -0.1) is 5.10 Å². The molecule has 1 amide bonds. The molecule has 1 aromatic carbocycles. The van der Waals surface area contributed by atoms with Crippen molar-refractivity contribution < 1.29 is 40.6 Å². The second-order valence-electron chi connectivity index (χ2n) is 7.18. The molecule has 14 heteroatoms. The van der Waals surface area contributed by atoms with Gasteiger partial charge in [0.2, 0.25) is 5.91 Å². The first-order chi connectivity index (χ1) is 15.8. The molecule has 0 aliphatic carbocycles. The number of nitrogens with zero attached hydrogens (tertiary/aromatic N) is 4. The van der Waals surface area contributed by atoms with E-state index in [1.807, 2.05) is 0 Å². The van der Waals surface area contributed by atoms with Crippen molar-refractivity contribution in [2.75, 3.05) is 25.6 Å². The van der Waals surface area contributed by atoms with Crippen LogP contribution in [0.25, 0.3) is 5.78 Å². The number of hydrogen-bond acceptors (Lipinski definition) is 6. The number of carbonyl (C=O) groups excluding carboxylic acids is 1. The Kier molecular flexibility index (Phi) is 7.00. The first-order valence-electron chi connectivity index (χ1n) is 9.74. The van der Waals surface area contributed by atoms with Crippen molar-refractivity contribution in [3.05, 3.63) is 46.5 Å². The zero-order chi connectivity index (χ0) is 25.3. The molecule has 0 unspecified atom stereocenters. The summed E-state index contributed by atoms with van der Waals surface area (Å²) in [5, 5.41) is 5.77. The van der Waals surface area contributed by atoms with Gasteiger partial charge in [0.15, 0.2) is 0 Å². The highest BCUT2D eigenvalue weighted by atomic mass is 19.4. The van der Waals surface area contributed by atoms with Gasteiger partial charge in [-0.2, -0.15) is 31.3 Å². The minimum absolute atomic E-state index is 0.00786. The van der Waals surface area contributed by atoms with E-state index in [9.17, 15) is 31.1 Å². The van der Waals surface area contributed by atoms with Gasteiger partial charge >= 0.3 is 12.4 Å². The van der Waals surface area contributed by atoms with Crippen molar-refractivity contribution in [3.63, 3.8) is 0 Å². The van der Waals surface area contributed by atoms with E-state index in [2.05, 4.69) is 20.4 Å². The Labute approximate surface area is 188 Å². The van der Waals surface area contributed by atoms with Gasteiger partial charge in [-0.3, -0.25) is 4.79 Å². The van der Waals surface area contributed by atoms with Gasteiger partial charge in [-0.1, -0.05) is 0 Å². The summed E-state index contributed by atoms with van der Waals surface area (Å²) in [7, 11) is 1.42. The van der Waals surface area contributed by atoms with Crippen LogP contribution < -0.4 is 10.1 Å². The van der Waals surface area contributed by atoms with Crippen LogP contribution in [0.5, 0.6) is 5.75 Å².